The molecule has 1 aliphatic carbocycles. The minimum absolute atomic E-state index is 0.0695. The second-order valence-corrected chi connectivity index (χ2v) is 8.20. The Morgan fingerprint density at radius 3 is 2.28 bits per heavy atom. The third-order valence-corrected chi connectivity index (χ3v) is 5.96. The Morgan fingerprint density at radius 2 is 1.62 bits per heavy atom. The number of nitrogens with one attached hydrogen (secondary N) is 2. The van der Waals surface area contributed by atoms with Gasteiger partial charge >= 0.3 is 0 Å². The lowest BCUT2D eigenvalue weighted by Crippen LogP contribution is -2.44. The maximum Gasteiger partial charge on any atom is 0.270 e. The largest absolute Gasteiger partial charge is 0.369 e. The van der Waals surface area contributed by atoms with Crippen LogP contribution >= 0.6 is 0 Å². The normalized spacial score (nSPS) is 18.4. The summed E-state index contributed by atoms with van der Waals surface area (Å²) < 4.78 is 0. The Kier molecular flexibility index (Phi) is 6.30. The number of nitrogens with zero attached hydrogens (tertiary/aromatic N) is 3. The molecule has 2 N–H and O–H groups in total. The van der Waals surface area contributed by atoms with Crippen LogP contribution in [-0.4, -0.2) is 55.1 Å². The highest BCUT2D eigenvalue weighted by Crippen LogP contribution is 2.22. The van der Waals surface area contributed by atoms with Crippen molar-refractivity contribution in [1.29, 1.82) is 0 Å². The zero-order chi connectivity index (χ0) is 20.1. The van der Waals surface area contributed by atoms with E-state index in [1.54, 1.807) is 12.3 Å². The number of aromatic nitrogens is 1. The second-order valence-electron chi connectivity index (χ2n) is 8.20. The molecule has 2 heterocycles. The molecule has 1 saturated heterocycles. The quantitative estimate of drug-likeness (QED) is 0.812. The fourth-order valence-electron chi connectivity index (χ4n) is 4.10. The van der Waals surface area contributed by atoms with Gasteiger partial charge in [0.05, 0.1) is 11.9 Å². The molecule has 0 radical (unpaired) electrons. The number of pyridine rings is 1. The van der Waals surface area contributed by atoms with Gasteiger partial charge in [-0.15, -0.1) is 0 Å². The van der Waals surface area contributed by atoms with Crippen LogP contribution < -0.4 is 15.5 Å². The summed E-state index contributed by atoms with van der Waals surface area (Å²) in [5, 5.41) is 6.48. The van der Waals surface area contributed by atoms with E-state index in [-0.39, 0.29) is 5.91 Å². The van der Waals surface area contributed by atoms with Crippen molar-refractivity contribution < 1.29 is 4.79 Å². The summed E-state index contributed by atoms with van der Waals surface area (Å²) in [6, 6.07) is 12.5. The van der Waals surface area contributed by atoms with Gasteiger partial charge in [0, 0.05) is 43.6 Å². The molecule has 2 aromatic rings. The molecule has 1 aromatic heterocycles. The smallest absolute Gasteiger partial charge is 0.270 e. The van der Waals surface area contributed by atoms with Crippen LogP contribution in [0.15, 0.2) is 42.6 Å². The zero-order valence-corrected chi connectivity index (χ0v) is 17.2. The standard InChI is InChI=1S/C23H31N5O/c1-27-13-15-28(16-14-27)21-10-7-19(8-11-21)25-20-9-12-22(24-17-20)23(29)26-18-5-3-2-4-6-18/h7-12,17-18,25H,2-6,13-16H2,1H3,(H,26,29). The van der Waals surface area contributed by atoms with Crippen molar-refractivity contribution in [1.82, 2.24) is 15.2 Å². The Hall–Kier alpha value is -2.60. The Bertz CT molecular complexity index is 791. The number of anilines is 3. The first-order valence-electron chi connectivity index (χ1n) is 10.7. The van der Waals surface area contributed by atoms with E-state index in [1.807, 2.05) is 6.07 Å². The maximum atomic E-state index is 12.4. The fourth-order valence-corrected chi connectivity index (χ4v) is 4.10. The Balaban J connectivity index is 1.32. The number of carbonyl (C=O) groups is 1. The van der Waals surface area contributed by atoms with Crippen LogP contribution in [-0.2, 0) is 0 Å². The summed E-state index contributed by atoms with van der Waals surface area (Å²) in [5.74, 6) is -0.0695. The minimum Gasteiger partial charge on any atom is -0.369 e. The average molecular weight is 394 g/mol. The predicted molar refractivity (Wildman–Crippen MR) is 118 cm³/mol. The van der Waals surface area contributed by atoms with Crippen LogP contribution in [0.2, 0.25) is 0 Å². The lowest BCUT2D eigenvalue weighted by atomic mass is 9.95. The molecule has 0 bridgehead atoms. The Morgan fingerprint density at radius 1 is 0.931 bits per heavy atom. The van der Waals surface area contributed by atoms with E-state index >= 15 is 0 Å². The maximum absolute atomic E-state index is 12.4. The summed E-state index contributed by atoms with van der Waals surface area (Å²) in [6.45, 7) is 4.34. The highest BCUT2D eigenvalue weighted by atomic mass is 16.1. The van der Waals surface area contributed by atoms with E-state index in [0.717, 1.165) is 50.4 Å². The van der Waals surface area contributed by atoms with Gasteiger partial charge in [0.1, 0.15) is 5.69 Å². The molecule has 0 atom stereocenters. The van der Waals surface area contributed by atoms with E-state index in [0.29, 0.717) is 11.7 Å². The molecule has 4 rings (SSSR count). The minimum atomic E-state index is -0.0695. The molecule has 1 aliphatic heterocycles. The molecular formula is C23H31N5O. The monoisotopic (exact) mass is 393 g/mol. The molecule has 1 saturated carbocycles. The van der Waals surface area contributed by atoms with Crippen molar-refractivity contribution in [3.63, 3.8) is 0 Å². The molecule has 2 aliphatic rings. The number of carbonyl (C=O) groups excluding carboxylic acids is 1. The van der Waals surface area contributed by atoms with Crippen molar-refractivity contribution in [2.24, 2.45) is 0 Å². The number of likely N-dealkylation sites (N-methyl/N-ethyl adjacent to an activating group) is 1. The molecular weight excluding hydrogens is 362 g/mol. The highest BCUT2D eigenvalue weighted by molar-refractivity contribution is 5.92. The molecule has 1 aromatic carbocycles. The molecule has 1 amide bonds. The van der Waals surface area contributed by atoms with Gasteiger partial charge in [-0.1, -0.05) is 19.3 Å². The SMILES string of the molecule is CN1CCN(c2ccc(Nc3ccc(C(=O)NC4CCCCC4)nc3)cc2)CC1. The van der Waals surface area contributed by atoms with E-state index in [1.165, 1.54) is 24.9 Å². The third-order valence-electron chi connectivity index (χ3n) is 5.96. The molecule has 29 heavy (non-hydrogen) atoms. The first-order valence-corrected chi connectivity index (χ1v) is 10.7. The molecule has 2 fully saturated rings. The van der Waals surface area contributed by atoms with Crippen LogP contribution in [0.3, 0.4) is 0 Å². The molecule has 0 unspecified atom stereocenters. The van der Waals surface area contributed by atoms with E-state index in [4.69, 9.17) is 0 Å². The van der Waals surface area contributed by atoms with Gasteiger partial charge in [0.25, 0.3) is 5.91 Å². The fraction of sp³-hybridized carbons (Fsp3) is 0.478. The molecule has 0 spiro atoms. The summed E-state index contributed by atoms with van der Waals surface area (Å²) in [5.41, 5.74) is 3.64. The van der Waals surface area contributed by atoms with Crippen molar-refractivity contribution in [3.05, 3.63) is 48.3 Å². The van der Waals surface area contributed by atoms with Gasteiger partial charge in [0.2, 0.25) is 0 Å². The van der Waals surface area contributed by atoms with Crippen molar-refractivity contribution in [2.45, 2.75) is 38.1 Å². The number of amides is 1. The van der Waals surface area contributed by atoms with E-state index in [2.05, 4.69) is 56.7 Å². The van der Waals surface area contributed by atoms with Crippen LogP contribution in [0.4, 0.5) is 17.1 Å². The lowest BCUT2D eigenvalue weighted by Gasteiger charge is -2.34. The van der Waals surface area contributed by atoms with Crippen LogP contribution in [0, 0.1) is 0 Å². The van der Waals surface area contributed by atoms with Gasteiger partial charge < -0.3 is 20.4 Å². The summed E-state index contributed by atoms with van der Waals surface area (Å²) >= 11 is 0. The topological polar surface area (TPSA) is 60.5 Å². The van der Waals surface area contributed by atoms with Gasteiger partial charge in [-0.2, -0.15) is 0 Å². The average Bonchev–Trinajstić information content (AvgIpc) is 2.76. The van der Waals surface area contributed by atoms with Crippen molar-refractivity contribution >= 4 is 23.0 Å². The van der Waals surface area contributed by atoms with Crippen molar-refractivity contribution in [3.8, 4) is 0 Å². The zero-order valence-electron chi connectivity index (χ0n) is 17.2. The first-order chi connectivity index (χ1) is 14.2. The van der Waals surface area contributed by atoms with E-state index < -0.39 is 0 Å². The lowest BCUT2D eigenvalue weighted by molar-refractivity contribution is 0.0922. The number of benzene rings is 1. The number of hydrogen-bond donors (Lipinski definition) is 2. The molecule has 6 heteroatoms. The van der Waals surface area contributed by atoms with Gasteiger partial charge in [-0.05, 0) is 56.3 Å². The number of piperazine rings is 1. The number of rotatable bonds is 5. The molecule has 6 nitrogen and oxygen atoms in total. The predicted octanol–water partition coefficient (Wildman–Crippen LogP) is 3.64. The third kappa shape index (κ3) is 5.26. The highest BCUT2D eigenvalue weighted by Gasteiger charge is 2.17. The second kappa shape index (κ2) is 9.27. The summed E-state index contributed by atoms with van der Waals surface area (Å²) in [4.78, 5) is 21.5. The number of hydrogen-bond acceptors (Lipinski definition) is 5. The summed E-state index contributed by atoms with van der Waals surface area (Å²) in [7, 11) is 2.17. The first kappa shape index (κ1) is 19.7. The summed E-state index contributed by atoms with van der Waals surface area (Å²) in [6.07, 6.45) is 7.57. The van der Waals surface area contributed by atoms with Crippen molar-refractivity contribution in [2.75, 3.05) is 43.4 Å². The van der Waals surface area contributed by atoms with Gasteiger partial charge in [0.15, 0.2) is 0 Å². The molecule has 154 valence electrons. The van der Waals surface area contributed by atoms with Gasteiger partial charge in [-0.3, -0.25) is 4.79 Å². The van der Waals surface area contributed by atoms with Crippen LogP contribution in [0.25, 0.3) is 0 Å². The van der Waals surface area contributed by atoms with Crippen LogP contribution in [0.5, 0.6) is 0 Å². The van der Waals surface area contributed by atoms with Crippen LogP contribution in [0.1, 0.15) is 42.6 Å². The Labute approximate surface area is 173 Å². The van der Waals surface area contributed by atoms with Gasteiger partial charge in [-0.25, -0.2) is 4.98 Å². The van der Waals surface area contributed by atoms with E-state index in [9.17, 15) is 4.79 Å².